The fraction of sp³-hybridized carbons (Fsp3) is 0.467. The Bertz CT molecular complexity index is 525. The van der Waals surface area contributed by atoms with E-state index < -0.39 is 0 Å². The number of amides is 2. The molecule has 0 aromatic heterocycles. The number of hydrogen-bond acceptors (Lipinski definition) is 4. The molecule has 0 unspecified atom stereocenters. The predicted molar refractivity (Wildman–Crippen MR) is 80.1 cm³/mol. The molecule has 0 radical (unpaired) electrons. The maximum atomic E-state index is 11.8. The van der Waals surface area contributed by atoms with Crippen LogP contribution < -0.4 is 21.1 Å². The molecule has 1 aliphatic rings. The number of rotatable bonds is 5. The second kappa shape index (κ2) is 6.97. The summed E-state index contributed by atoms with van der Waals surface area (Å²) in [6.07, 6.45) is 4.37. The van der Waals surface area contributed by atoms with Crippen molar-refractivity contribution in [2.75, 3.05) is 19.4 Å². The van der Waals surface area contributed by atoms with Crippen LogP contribution in [0, 0.1) is 0 Å². The molecular weight excluding hydrogens is 270 g/mol. The quantitative estimate of drug-likeness (QED) is 0.707. The predicted octanol–water partition coefficient (Wildman–Crippen LogP) is 1.07. The van der Waals surface area contributed by atoms with Gasteiger partial charge in [0.15, 0.2) is 6.61 Å². The highest BCUT2D eigenvalue weighted by atomic mass is 16.5. The molecule has 2 amide bonds. The normalized spacial score (nSPS) is 14.7. The van der Waals surface area contributed by atoms with E-state index in [1.165, 1.54) is 6.07 Å². The minimum absolute atomic E-state index is 0.0993. The van der Waals surface area contributed by atoms with Crippen LogP contribution in [0.5, 0.6) is 5.75 Å². The van der Waals surface area contributed by atoms with Crippen molar-refractivity contribution < 1.29 is 14.3 Å². The van der Waals surface area contributed by atoms with Crippen molar-refractivity contribution in [3.63, 3.8) is 0 Å². The van der Waals surface area contributed by atoms with E-state index in [9.17, 15) is 9.59 Å². The number of anilines is 1. The molecule has 1 saturated carbocycles. The molecule has 0 heterocycles. The lowest BCUT2D eigenvalue weighted by Crippen LogP contribution is -2.36. The number of carbonyl (C=O) groups excluding carboxylic acids is 2. The number of nitrogens with two attached hydrogens (primary N) is 1. The van der Waals surface area contributed by atoms with E-state index in [1.54, 1.807) is 19.2 Å². The van der Waals surface area contributed by atoms with Crippen LogP contribution in [0.25, 0.3) is 0 Å². The molecule has 21 heavy (non-hydrogen) atoms. The second-order valence-electron chi connectivity index (χ2n) is 5.17. The standard InChI is InChI=1S/C15H21N3O3/c1-17-15(20)10-6-7-12(16)13(8-10)21-9-14(19)18-11-4-2-3-5-11/h6-8,11H,2-5,9,16H2,1H3,(H,17,20)(H,18,19). The Kier molecular flexibility index (Phi) is 5.03. The number of benzene rings is 1. The lowest BCUT2D eigenvalue weighted by atomic mass is 10.2. The van der Waals surface area contributed by atoms with Crippen LogP contribution in [0.3, 0.4) is 0 Å². The van der Waals surface area contributed by atoms with Crippen molar-refractivity contribution in [3.05, 3.63) is 23.8 Å². The van der Waals surface area contributed by atoms with E-state index in [4.69, 9.17) is 10.5 Å². The van der Waals surface area contributed by atoms with Crippen molar-refractivity contribution in [3.8, 4) is 5.75 Å². The van der Waals surface area contributed by atoms with Crippen LogP contribution in [-0.4, -0.2) is 31.5 Å². The first kappa shape index (κ1) is 15.2. The van der Waals surface area contributed by atoms with Crippen molar-refractivity contribution in [1.82, 2.24) is 10.6 Å². The highest BCUT2D eigenvalue weighted by Gasteiger charge is 2.17. The maximum Gasteiger partial charge on any atom is 0.258 e. The van der Waals surface area contributed by atoms with Crippen LogP contribution in [0.1, 0.15) is 36.0 Å². The largest absolute Gasteiger partial charge is 0.482 e. The summed E-state index contributed by atoms with van der Waals surface area (Å²) in [6.45, 7) is -0.0993. The van der Waals surface area contributed by atoms with Crippen LogP contribution >= 0.6 is 0 Å². The van der Waals surface area contributed by atoms with Gasteiger partial charge in [0.05, 0.1) is 5.69 Å². The average molecular weight is 291 g/mol. The Hall–Kier alpha value is -2.24. The zero-order chi connectivity index (χ0) is 15.2. The third kappa shape index (κ3) is 4.11. The smallest absolute Gasteiger partial charge is 0.258 e. The number of nitrogens with one attached hydrogen (secondary N) is 2. The van der Waals surface area contributed by atoms with Gasteiger partial charge in [0.25, 0.3) is 11.8 Å². The van der Waals surface area contributed by atoms with E-state index in [2.05, 4.69) is 10.6 Å². The molecule has 114 valence electrons. The lowest BCUT2D eigenvalue weighted by Gasteiger charge is -2.13. The van der Waals surface area contributed by atoms with E-state index in [0.717, 1.165) is 25.7 Å². The van der Waals surface area contributed by atoms with Crippen molar-refractivity contribution in [2.24, 2.45) is 0 Å². The Labute approximate surface area is 124 Å². The first-order chi connectivity index (χ1) is 10.1. The first-order valence-corrected chi connectivity index (χ1v) is 7.14. The summed E-state index contributed by atoms with van der Waals surface area (Å²) >= 11 is 0. The Morgan fingerprint density at radius 3 is 2.71 bits per heavy atom. The van der Waals surface area contributed by atoms with Gasteiger partial charge in [-0.3, -0.25) is 9.59 Å². The third-order valence-electron chi connectivity index (χ3n) is 3.58. The Morgan fingerprint density at radius 2 is 2.05 bits per heavy atom. The van der Waals surface area contributed by atoms with Gasteiger partial charge >= 0.3 is 0 Å². The van der Waals surface area contributed by atoms with Crippen LogP contribution in [-0.2, 0) is 4.79 Å². The molecule has 1 aliphatic carbocycles. The summed E-state index contributed by atoms with van der Waals surface area (Å²) < 4.78 is 5.43. The number of hydrogen-bond donors (Lipinski definition) is 3. The monoisotopic (exact) mass is 291 g/mol. The van der Waals surface area contributed by atoms with Gasteiger partial charge in [-0.2, -0.15) is 0 Å². The summed E-state index contributed by atoms with van der Waals surface area (Å²) in [5.41, 5.74) is 6.63. The summed E-state index contributed by atoms with van der Waals surface area (Å²) in [6, 6.07) is 5.00. The molecule has 2 rings (SSSR count). The van der Waals surface area contributed by atoms with Gasteiger partial charge in [-0.1, -0.05) is 12.8 Å². The first-order valence-electron chi connectivity index (χ1n) is 7.14. The van der Waals surface area contributed by atoms with Gasteiger partial charge in [-0.25, -0.2) is 0 Å². The third-order valence-corrected chi connectivity index (χ3v) is 3.58. The minimum Gasteiger partial charge on any atom is -0.482 e. The average Bonchev–Trinajstić information content (AvgIpc) is 2.98. The van der Waals surface area contributed by atoms with Crippen LogP contribution in [0.2, 0.25) is 0 Å². The summed E-state index contributed by atoms with van der Waals surface area (Å²) in [5.74, 6) is -0.0421. The molecule has 1 aromatic rings. The molecule has 0 saturated heterocycles. The Balaban J connectivity index is 1.92. The van der Waals surface area contributed by atoms with E-state index in [-0.39, 0.29) is 24.5 Å². The number of nitrogen functional groups attached to an aromatic ring is 1. The molecule has 0 atom stereocenters. The SMILES string of the molecule is CNC(=O)c1ccc(N)c(OCC(=O)NC2CCCC2)c1. The van der Waals surface area contributed by atoms with E-state index >= 15 is 0 Å². The highest BCUT2D eigenvalue weighted by Crippen LogP contribution is 2.23. The second-order valence-corrected chi connectivity index (χ2v) is 5.17. The molecule has 0 bridgehead atoms. The van der Waals surface area contributed by atoms with Crippen LogP contribution in [0.4, 0.5) is 5.69 Å². The van der Waals surface area contributed by atoms with Gasteiger partial charge < -0.3 is 21.1 Å². The van der Waals surface area contributed by atoms with Crippen LogP contribution in [0.15, 0.2) is 18.2 Å². The summed E-state index contributed by atoms with van der Waals surface area (Å²) in [5, 5.41) is 5.46. The maximum absolute atomic E-state index is 11.8. The summed E-state index contributed by atoms with van der Waals surface area (Å²) in [7, 11) is 1.55. The van der Waals surface area contributed by atoms with Crippen molar-refractivity contribution in [2.45, 2.75) is 31.7 Å². The molecule has 6 nitrogen and oxygen atoms in total. The zero-order valence-electron chi connectivity index (χ0n) is 12.1. The molecule has 0 spiro atoms. The highest BCUT2D eigenvalue weighted by molar-refractivity contribution is 5.95. The summed E-state index contributed by atoms with van der Waals surface area (Å²) in [4.78, 5) is 23.4. The van der Waals surface area contributed by atoms with Crippen molar-refractivity contribution >= 4 is 17.5 Å². The fourth-order valence-electron chi connectivity index (χ4n) is 2.43. The minimum atomic E-state index is -0.227. The van der Waals surface area contributed by atoms with Gasteiger partial charge in [0, 0.05) is 18.7 Å². The molecule has 1 fully saturated rings. The number of carbonyl (C=O) groups is 2. The van der Waals surface area contributed by atoms with Gasteiger partial charge in [-0.15, -0.1) is 0 Å². The molecular formula is C15H21N3O3. The van der Waals surface area contributed by atoms with Gasteiger partial charge in [-0.05, 0) is 31.0 Å². The lowest BCUT2D eigenvalue weighted by molar-refractivity contribution is -0.123. The molecule has 0 aliphatic heterocycles. The molecule has 1 aromatic carbocycles. The van der Waals surface area contributed by atoms with Crippen molar-refractivity contribution in [1.29, 1.82) is 0 Å². The van der Waals surface area contributed by atoms with E-state index in [0.29, 0.717) is 17.0 Å². The topological polar surface area (TPSA) is 93.5 Å². The van der Waals surface area contributed by atoms with E-state index in [1.807, 2.05) is 0 Å². The molecule has 6 heteroatoms. The molecule has 4 N–H and O–H groups in total. The fourth-order valence-corrected chi connectivity index (χ4v) is 2.43. The number of ether oxygens (including phenoxy) is 1. The Morgan fingerprint density at radius 1 is 1.33 bits per heavy atom. The van der Waals surface area contributed by atoms with Gasteiger partial charge in [0.2, 0.25) is 0 Å². The van der Waals surface area contributed by atoms with Gasteiger partial charge in [0.1, 0.15) is 5.75 Å². The zero-order valence-corrected chi connectivity index (χ0v) is 12.1.